The molecule has 2 aliphatic heterocycles. The van der Waals surface area contributed by atoms with Crippen molar-refractivity contribution in [3.63, 3.8) is 0 Å². The summed E-state index contributed by atoms with van der Waals surface area (Å²) in [6.07, 6.45) is 1.02. The van der Waals surface area contributed by atoms with Crippen LogP contribution in [0.15, 0.2) is 35.3 Å². The van der Waals surface area contributed by atoms with Crippen LogP contribution in [0, 0.1) is 0 Å². The standard InChI is InChI=1S/C13H17N3O/c14-12-15-9-13(17-12)6-7-16(10-13)8-11-4-2-1-3-5-11/h1-5H,6-10H2,(H2,14,15). The van der Waals surface area contributed by atoms with Gasteiger partial charge in [0.05, 0.1) is 6.54 Å². The predicted molar refractivity (Wildman–Crippen MR) is 66.6 cm³/mol. The first-order chi connectivity index (χ1) is 8.26. The zero-order valence-corrected chi connectivity index (χ0v) is 9.80. The highest BCUT2D eigenvalue weighted by molar-refractivity contribution is 5.73. The zero-order chi connectivity index (χ0) is 11.7. The fraction of sp³-hybridized carbons (Fsp3) is 0.462. The number of rotatable bonds is 2. The molecule has 1 fully saturated rings. The number of amidine groups is 1. The van der Waals surface area contributed by atoms with Crippen LogP contribution in [0.25, 0.3) is 0 Å². The van der Waals surface area contributed by atoms with Crippen molar-refractivity contribution >= 4 is 6.02 Å². The highest BCUT2D eigenvalue weighted by Gasteiger charge is 2.43. The van der Waals surface area contributed by atoms with Crippen LogP contribution in [0.4, 0.5) is 0 Å². The Kier molecular flexibility index (Phi) is 2.52. The molecule has 0 amide bonds. The lowest BCUT2D eigenvalue weighted by atomic mass is 10.0. The van der Waals surface area contributed by atoms with E-state index in [4.69, 9.17) is 10.5 Å². The summed E-state index contributed by atoms with van der Waals surface area (Å²) >= 11 is 0. The van der Waals surface area contributed by atoms with Crippen LogP contribution in [-0.4, -0.2) is 36.2 Å². The maximum Gasteiger partial charge on any atom is 0.282 e. The third kappa shape index (κ3) is 2.13. The van der Waals surface area contributed by atoms with E-state index >= 15 is 0 Å². The number of benzene rings is 1. The number of nitrogens with two attached hydrogens (primary N) is 1. The summed E-state index contributed by atoms with van der Waals surface area (Å²) in [6.45, 7) is 3.67. The van der Waals surface area contributed by atoms with E-state index in [2.05, 4.69) is 34.2 Å². The molecule has 1 atom stereocenters. The fourth-order valence-electron chi connectivity index (χ4n) is 2.62. The molecule has 0 aromatic heterocycles. The molecule has 3 rings (SSSR count). The second-order valence-electron chi connectivity index (χ2n) is 4.89. The Hall–Kier alpha value is -1.55. The monoisotopic (exact) mass is 231 g/mol. The van der Waals surface area contributed by atoms with Crippen molar-refractivity contribution in [1.82, 2.24) is 4.90 Å². The Morgan fingerprint density at radius 3 is 2.88 bits per heavy atom. The Bertz CT molecular complexity index is 432. The first-order valence-corrected chi connectivity index (χ1v) is 6.01. The van der Waals surface area contributed by atoms with E-state index in [0.29, 0.717) is 12.6 Å². The average molecular weight is 231 g/mol. The van der Waals surface area contributed by atoms with Crippen molar-refractivity contribution in [3.8, 4) is 0 Å². The van der Waals surface area contributed by atoms with Crippen LogP contribution in [-0.2, 0) is 11.3 Å². The van der Waals surface area contributed by atoms with Crippen LogP contribution < -0.4 is 5.73 Å². The van der Waals surface area contributed by atoms with Gasteiger partial charge in [-0.1, -0.05) is 30.3 Å². The molecule has 1 spiro atoms. The molecule has 2 aliphatic rings. The lowest BCUT2D eigenvalue weighted by molar-refractivity contribution is 0.0922. The highest BCUT2D eigenvalue weighted by Crippen LogP contribution is 2.29. The fourth-order valence-corrected chi connectivity index (χ4v) is 2.62. The Balaban J connectivity index is 1.62. The average Bonchev–Trinajstić information content (AvgIpc) is 2.88. The van der Waals surface area contributed by atoms with Gasteiger partial charge in [-0.25, -0.2) is 4.99 Å². The van der Waals surface area contributed by atoms with Crippen LogP contribution in [0.1, 0.15) is 12.0 Å². The molecule has 17 heavy (non-hydrogen) atoms. The maximum atomic E-state index is 5.66. The zero-order valence-electron chi connectivity index (χ0n) is 9.80. The molecule has 0 aliphatic carbocycles. The first-order valence-electron chi connectivity index (χ1n) is 6.01. The van der Waals surface area contributed by atoms with Crippen molar-refractivity contribution in [1.29, 1.82) is 0 Å². The van der Waals surface area contributed by atoms with Gasteiger partial charge in [-0.05, 0) is 5.56 Å². The number of hydrogen-bond donors (Lipinski definition) is 1. The summed E-state index contributed by atoms with van der Waals surface area (Å²) in [5.41, 5.74) is 6.80. The van der Waals surface area contributed by atoms with Crippen molar-refractivity contribution < 1.29 is 4.74 Å². The van der Waals surface area contributed by atoms with Crippen LogP contribution in [0.5, 0.6) is 0 Å². The van der Waals surface area contributed by atoms with Gasteiger partial charge >= 0.3 is 0 Å². The van der Waals surface area contributed by atoms with E-state index < -0.39 is 0 Å². The van der Waals surface area contributed by atoms with Gasteiger partial charge in [-0.15, -0.1) is 0 Å². The van der Waals surface area contributed by atoms with E-state index in [9.17, 15) is 0 Å². The topological polar surface area (TPSA) is 50.8 Å². The van der Waals surface area contributed by atoms with Gasteiger partial charge < -0.3 is 10.5 Å². The second kappa shape index (κ2) is 4.04. The molecule has 1 unspecified atom stereocenters. The minimum Gasteiger partial charge on any atom is -0.455 e. The smallest absolute Gasteiger partial charge is 0.282 e. The number of nitrogens with zero attached hydrogens (tertiary/aromatic N) is 2. The summed E-state index contributed by atoms with van der Waals surface area (Å²) in [5, 5.41) is 0. The Labute approximate surface area is 101 Å². The molecule has 4 nitrogen and oxygen atoms in total. The van der Waals surface area contributed by atoms with Crippen molar-refractivity contribution in [2.75, 3.05) is 19.6 Å². The van der Waals surface area contributed by atoms with Crippen LogP contribution in [0.3, 0.4) is 0 Å². The number of ether oxygens (including phenoxy) is 1. The van der Waals surface area contributed by atoms with Crippen LogP contribution in [0.2, 0.25) is 0 Å². The van der Waals surface area contributed by atoms with E-state index in [0.717, 1.165) is 26.1 Å². The lowest BCUT2D eigenvalue weighted by Crippen LogP contribution is -2.37. The minimum atomic E-state index is -0.140. The summed E-state index contributed by atoms with van der Waals surface area (Å²) in [6, 6.07) is 10.9. The summed E-state index contributed by atoms with van der Waals surface area (Å²) < 4.78 is 5.66. The molecule has 2 heterocycles. The van der Waals surface area contributed by atoms with Crippen molar-refractivity contribution in [2.24, 2.45) is 10.7 Å². The van der Waals surface area contributed by atoms with Crippen molar-refractivity contribution in [2.45, 2.75) is 18.6 Å². The number of likely N-dealkylation sites (tertiary alicyclic amines) is 1. The SMILES string of the molecule is NC1=NCC2(CCN(Cc3ccccc3)C2)O1. The molecule has 1 saturated heterocycles. The molecule has 2 N–H and O–H groups in total. The summed E-state index contributed by atoms with van der Waals surface area (Å²) in [7, 11) is 0. The van der Waals surface area contributed by atoms with E-state index in [1.54, 1.807) is 0 Å². The third-order valence-electron chi connectivity index (χ3n) is 3.49. The normalized spacial score (nSPS) is 28.4. The minimum absolute atomic E-state index is 0.140. The van der Waals surface area contributed by atoms with Crippen molar-refractivity contribution in [3.05, 3.63) is 35.9 Å². The number of hydrogen-bond acceptors (Lipinski definition) is 4. The van der Waals surface area contributed by atoms with Gasteiger partial charge in [-0.2, -0.15) is 0 Å². The van der Waals surface area contributed by atoms with E-state index in [1.165, 1.54) is 5.56 Å². The highest BCUT2D eigenvalue weighted by atomic mass is 16.5. The van der Waals surface area contributed by atoms with Gasteiger partial charge in [0, 0.05) is 26.1 Å². The molecule has 1 aromatic rings. The first kappa shape index (κ1) is 10.6. The molecular formula is C13H17N3O. The van der Waals surface area contributed by atoms with E-state index in [1.807, 2.05) is 6.07 Å². The molecule has 0 radical (unpaired) electrons. The van der Waals surface area contributed by atoms with Gasteiger partial charge in [-0.3, -0.25) is 4.90 Å². The molecule has 1 aromatic carbocycles. The second-order valence-corrected chi connectivity index (χ2v) is 4.89. The van der Waals surface area contributed by atoms with Gasteiger partial charge in [0.2, 0.25) is 0 Å². The predicted octanol–water partition coefficient (Wildman–Crippen LogP) is 0.976. The van der Waals surface area contributed by atoms with Gasteiger partial charge in [0.25, 0.3) is 6.02 Å². The number of aliphatic imine (C=N–C) groups is 1. The molecular weight excluding hydrogens is 214 g/mol. The van der Waals surface area contributed by atoms with E-state index in [-0.39, 0.29) is 5.60 Å². The third-order valence-corrected chi connectivity index (χ3v) is 3.49. The molecule has 0 saturated carbocycles. The maximum absolute atomic E-state index is 5.66. The molecule has 90 valence electrons. The Morgan fingerprint density at radius 1 is 1.35 bits per heavy atom. The Morgan fingerprint density at radius 2 is 2.18 bits per heavy atom. The van der Waals surface area contributed by atoms with Gasteiger partial charge in [0.15, 0.2) is 0 Å². The summed E-state index contributed by atoms with van der Waals surface area (Å²) in [5.74, 6) is 0. The van der Waals surface area contributed by atoms with Gasteiger partial charge in [0.1, 0.15) is 5.60 Å². The molecule has 0 bridgehead atoms. The molecule has 4 heteroatoms. The quantitative estimate of drug-likeness (QED) is 0.825. The summed E-state index contributed by atoms with van der Waals surface area (Å²) in [4.78, 5) is 6.56. The lowest BCUT2D eigenvalue weighted by Gasteiger charge is -2.22. The largest absolute Gasteiger partial charge is 0.455 e. The van der Waals surface area contributed by atoms with Crippen LogP contribution >= 0.6 is 0 Å².